The van der Waals surface area contributed by atoms with Gasteiger partial charge in [-0.15, -0.1) is 11.3 Å². The second-order valence-electron chi connectivity index (χ2n) is 7.64. The Labute approximate surface area is 193 Å². The number of hydrogen-bond donors (Lipinski definition) is 1. The Kier molecular flexibility index (Phi) is 6.81. The summed E-state index contributed by atoms with van der Waals surface area (Å²) >= 11 is 7.17. The van der Waals surface area contributed by atoms with E-state index in [0.29, 0.717) is 47.2 Å². The lowest BCUT2D eigenvalue weighted by Gasteiger charge is -2.32. The van der Waals surface area contributed by atoms with Crippen LogP contribution in [0.25, 0.3) is 0 Å². The first kappa shape index (κ1) is 22.4. The van der Waals surface area contributed by atoms with Crippen LogP contribution in [0.4, 0.5) is 13.9 Å². The second kappa shape index (κ2) is 9.75. The lowest BCUT2D eigenvalue weighted by atomic mass is 9.96. The summed E-state index contributed by atoms with van der Waals surface area (Å²) < 4.78 is 26.5. The van der Waals surface area contributed by atoms with Crippen molar-refractivity contribution < 1.29 is 18.4 Å². The summed E-state index contributed by atoms with van der Waals surface area (Å²) in [6.45, 7) is 0.932. The highest BCUT2D eigenvalue weighted by atomic mass is 35.5. The number of halogens is 3. The average molecular weight is 476 g/mol. The molecule has 9 heteroatoms. The summed E-state index contributed by atoms with van der Waals surface area (Å²) in [4.78, 5) is 32.3. The average Bonchev–Trinajstić information content (AvgIpc) is 3.23. The van der Waals surface area contributed by atoms with Gasteiger partial charge in [-0.05, 0) is 54.8 Å². The molecule has 2 heterocycles. The van der Waals surface area contributed by atoms with Crippen LogP contribution in [0, 0.1) is 17.6 Å². The molecule has 1 aliphatic rings. The smallest absolute Gasteiger partial charge is 0.253 e. The molecule has 1 saturated heterocycles. The van der Waals surface area contributed by atoms with E-state index in [9.17, 15) is 18.4 Å². The van der Waals surface area contributed by atoms with Gasteiger partial charge in [0.15, 0.2) is 16.8 Å². The molecule has 32 heavy (non-hydrogen) atoms. The normalized spacial score (nSPS) is 16.1. The number of amides is 2. The molecule has 1 N–H and O–H groups in total. The van der Waals surface area contributed by atoms with E-state index in [1.165, 1.54) is 17.4 Å². The zero-order valence-corrected chi connectivity index (χ0v) is 18.6. The maximum Gasteiger partial charge on any atom is 0.253 e. The maximum absolute atomic E-state index is 13.4. The Hall–Kier alpha value is -2.84. The fourth-order valence-corrected chi connectivity index (χ4v) is 4.63. The number of rotatable bonds is 5. The van der Waals surface area contributed by atoms with Crippen LogP contribution < -0.4 is 5.32 Å². The van der Waals surface area contributed by atoms with Gasteiger partial charge in [-0.3, -0.25) is 9.59 Å². The number of carbonyl (C=O) groups excluding carboxylic acids is 2. The van der Waals surface area contributed by atoms with E-state index < -0.39 is 11.6 Å². The first-order valence-corrected chi connectivity index (χ1v) is 11.3. The molecule has 1 fully saturated rings. The van der Waals surface area contributed by atoms with E-state index in [2.05, 4.69) is 10.3 Å². The third-order valence-electron chi connectivity index (χ3n) is 5.32. The Morgan fingerprint density at radius 2 is 1.94 bits per heavy atom. The number of benzene rings is 2. The molecule has 1 atom stereocenters. The lowest BCUT2D eigenvalue weighted by molar-refractivity contribution is -0.121. The van der Waals surface area contributed by atoms with E-state index in [-0.39, 0.29) is 17.7 Å². The van der Waals surface area contributed by atoms with E-state index in [4.69, 9.17) is 11.6 Å². The topological polar surface area (TPSA) is 62.3 Å². The molecule has 5 nitrogen and oxygen atoms in total. The predicted octanol–water partition coefficient (Wildman–Crippen LogP) is 5.16. The van der Waals surface area contributed by atoms with Gasteiger partial charge in [-0.2, -0.15) is 0 Å². The van der Waals surface area contributed by atoms with Crippen molar-refractivity contribution in [2.45, 2.75) is 19.3 Å². The first-order chi connectivity index (χ1) is 15.4. The molecule has 2 amide bonds. The molecule has 0 radical (unpaired) electrons. The summed E-state index contributed by atoms with van der Waals surface area (Å²) in [5.41, 5.74) is 1.16. The summed E-state index contributed by atoms with van der Waals surface area (Å²) in [6.07, 6.45) is 3.41. The van der Waals surface area contributed by atoms with Crippen LogP contribution in [0.2, 0.25) is 5.02 Å². The number of nitrogens with one attached hydrogen (secondary N) is 1. The number of piperidine rings is 1. The largest absolute Gasteiger partial charge is 0.338 e. The SMILES string of the molecule is O=C(Nc1ncc(Cc2ccc(F)c(F)c2)s1)[C@H]1CCCN(C(=O)c2ccc(Cl)cc2)C1. The third kappa shape index (κ3) is 5.31. The quantitative estimate of drug-likeness (QED) is 0.554. The Morgan fingerprint density at radius 1 is 1.16 bits per heavy atom. The summed E-state index contributed by atoms with van der Waals surface area (Å²) in [5, 5.41) is 3.82. The fraction of sp³-hybridized carbons (Fsp3) is 0.261. The summed E-state index contributed by atoms with van der Waals surface area (Å²) in [6, 6.07) is 10.5. The molecule has 0 aliphatic carbocycles. The van der Waals surface area contributed by atoms with Crippen molar-refractivity contribution in [2.24, 2.45) is 5.92 Å². The predicted molar refractivity (Wildman–Crippen MR) is 120 cm³/mol. The van der Waals surface area contributed by atoms with Crippen LogP contribution in [0.1, 0.15) is 33.6 Å². The molecule has 4 rings (SSSR count). The van der Waals surface area contributed by atoms with Crippen LogP contribution in [-0.2, 0) is 11.2 Å². The number of likely N-dealkylation sites (tertiary alicyclic amines) is 1. The zero-order valence-electron chi connectivity index (χ0n) is 17.0. The highest BCUT2D eigenvalue weighted by Gasteiger charge is 2.29. The van der Waals surface area contributed by atoms with Crippen LogP contribution in [0.15, 0.2) is 48.7 Å². The standard InChI is InChI=1S/C23H20ClF2N3O2S/c24-17-6-4-15(5-7-17)22(31)29-9-1-2-16(13-29)21(30)28-23-27-12-18(32-23)10-14-3-8-19(25)20(26)11-14/h3-8,11-12,16H,1-2,9-10,13H2,(H,27,28,30)/t16-/m0/s1. The van der Waals surface area contributed by atoms with E-state index in [1.54, 1.807) is 35.4 Å². The highest BCUT2D eigenvalue weighted by Crippen LogP contribution is 2.25. The van der Waals surface area contributed by atoms with Crippen molar-refractivity contribution in [1.29, 1.82) is 0 Å². The minimum absolute atomic E-state index is 0.123. The molecular weight excluding hydrogens is 456 g/mol. The van der Waals surface area contributed by atoms with Gasteiger partial charge in [0.05, 0.1) is 5.92 Å². The zero-order chi connectivity index (χ0) is 22.7. The van der Waals surface area contributed by atoms with Gasteiger partial charge in [0.25, 0.3) is 5.91 Å². The molecule has 1 aromatic heterocycles. The van der Waals surface area contributed by atoms with Crippen molar-refractivity contribution in [3.63, 3.8) is 0 Å². The van der Waals surface area contributed by atoms with Crippen molar-refractivity contribution >= 4 is 39.9 Å². The molecular formula is C23H20ClF2N3O2S. The van der Waals surface area contributed by atoms with Crippen LogP contribution >= 0.6 is 22.9 Å². The number of aromatic nitrogens is 1. The number of carbonyl (C=O) groups is 2. The molecule has 2 aromatic carbocycles. The van der Waals surface area contributed by atoms with E-state index in [1.807, 2.05) is 0 Å². The number of nitrogens with zero attached hydrogens (tertiary/aromatic N) is 2. The van der Waals surface area contributed by atoms with Crippen molar-refractivity contribution in [3.05, 3.63) is 81.3 Å². The minimum Gasteiger partial charge on any atom is -0.338 e. The van der Waals surface area contributed by atoms with Crippen LogP contribution in [0.5, 0.6) is 0 Å². The first-order valence-electron chi connectivity index (χ1n) is 10.1. The van der Waals surface area contributed by atoms with E-state index in [0.717, 1.165) is 23.4 Å². The minimum atomic E-state index is -0.893. The Balaban J connectivity index is 1.35. The van der Waals surface area contributed by atoms with Gasteiger partial charge in [0, 0.05) is 41.2 Å². The van der Waals surface area contributed by atoms with Gasteiger partial charge < -0.3 is 10.2 Å². The maximum atomic E-state index is 13.4. The fourth-order valence-electron chi connectivity index (χ4n) is 3.66. The van der Waals surface area contributed by atoms with Crippen molar-refractivity contribution in [1.82, 2.24) is 9.88 Å². The lowest BCUT2D eigenvalue weighted by Crippen LogP contribution is -2.43. The molecule has 0 bridgehead atoms. The van der Waals surface area contributed by atoms with Crippen LogP contribution in [-0.4, -0.2) is 34.8 Å². The molecule has 0 spiro atoms. The highest BCUT2D eigenvalue weighted by molar-refractivity contribution is 7.15. The van der Waals surface area contributed by atoms with Gasteiger partial charge in [0.2, 0.25) is 5.91 Å². The van der Waals surface area contributed by atoms with Crippen LogP contribution in [0.3, 0.4) is 0 Å². The van der Waals surface area contributed by atoms with Gasteiger partial charge in [0.1, 0.15) is 0 Å². The second-order valence-corrected chi connectivity index (χ2v) is 9.20. The van der Waals surface area contributed by atoms with E-state index >= 15 is 0 Å². The van der Waals surface area contributed by atoms with Crippen molar-refractivity contribution in [3.8, 4) is 0 Å². The summed E-state index contributed by atoms with van der Waals surface area (Å²) in [7, 11) is 0. The monoisotopic (exact) mass is 475 g/mol. The number of anilines is 1. The summed E-state index contributed by atoms with van der Waals surface area (Å²) in [5.74, 6) is -2.43. The van der Waals surface area contributed by atoms with Gasteiger partial charge in [-0.1, -0.05) is 17.7 Å². The number of thiazole rings is 1. The number of hydrogen-bond acceptors (Lipinski definition) is 4. The molecule has 0 saturated carbocycles. The Morgan fingerprint density at radius 3 is 2.69 bits per heavy atom. The molecule has 3 aromatic rings. The van der Waals surface area contributed by atoms with Crippen molar-refractivity contribution in [2.75, 3.05) is 18.4 Å². The molecule has 166 valence electrons. The van der Waals surface area contributed by atoms with Gasteiger partial charge in [-0.25, -0.2) is 13.8 Å². The Bertz CT molecular complexity index is 1140. The molecule has 0 unspecified atom stereocenters. The molecule has 1 aliphatic heterocycles. The third-order valence-corrected chi connectivity index (χ3v) is 6.48. The van der Waals surface area contributed by atoms with Gasteiger partial charge >= 0.3 is 0 Å².